The van der Waals surface area contributed by atoms with Gasteiger partial charge in [-0.05, 0) is 0 Å². The van der Waals surface area contributed by atoms with Gasteiger partial charge in [0.1, 0.15) is 11.5 Å². The highest BCUT2D eigenvalue weighted by molar-refractivity contribution is 5.96. The summed E-state index contributed by atoms with van der Waals surface area (Å²) in [4.78, 5) is 18.6. The van der Waals surface area contributed by atoms with Crippen LogP contribution in [0.25, 0.3) is 0 Å². The molecule has 0 spiro atoms. The summed E-state index contributed by atoms with van der Waals surface area (Å²) in [5, 5.41) is 9.34. The molecule has 1 aromatic rings. The van der Waals surface area contributed by atoms with Gasteiger partial charge < -0.3 is 10.1 Å². The standard InChI is InChI=1S/C9H12N2O2/c1-2-8-10-6-3-5(12)4-7(13)9(6)11-8/h5,12H,2-4H2,1H3,(H,10,11). The summed E-state index contributed by atoms with van der Waals surface area (Å²) in [5.41, 5.74) is 1.32. The van der Waals surface area contributed by atoms with E-state index in [2.05, 4.69) is 9.97 Å². The monoisotopic (exact) mass is 180 g/mol. The lowest BCUT2D eigenvalue weighted by atomic mass is 9.97. The number of nitrogens with one attached hydrogen (secondary N) is 1. The molecule has 70 valence electrons. The van der Waals surface area contributed by atoms with Crippen molar-refractivity contribution in [3.8, 4) is 0 Å². The van der Waals surface area contributed by atoms with Crippen molar-refractivity contribution >= 4 is 5.78 Å². The number of carbonyl (C=O) groups is 1. The van der Waals surface area contributed by atoms with Gasteiger partial charge >= 0.3 is 0 Å². The van der Waals surface area contributed by atoms with E-state index in [1.165, 1.54) is 0 Å². The zero-order valence-electron chi connectivity index (χ0n) is 7.50. The van der Waals surface area contributed by atoms with Crippen LogP contribution in [-0.4, -0.2) is 27.0 Å². The van der Waals surface area contributed by atoms with Gasteiger partial charge in [0, 0.05) is 25.0 Å². The van der Waals surface area contributed by atoms with Crippen molar-refractivity contribution in [3.05, 3.63) is 17.2 Å². The summed E-state index contributed by atoms with van der Waals surface area (Å²) >= 11 is 0. The Morgan fingerprint density at radius 1 is 1.62 bits per heavy atom. The summed E-state index contributed by atoms with van der Waals surface area (Å²) in [7, 11) is 0. The number of nitrogens with zero attached hydrogens (tertiary/aromatic N) is 1. The second-order valence-electron chi connectivity index (χ2n) is 3.35. The van der Waals surface area contributed by atoms with Crippen molar-refractivity contribution in [2.24, 2.45) is 0 Å². The van der Waals surface area contributed by atoms with E-state index in [1.54, 1.807) is 0 Å². The van der Waals surface area contributed by atoms with Crippen LogP contribution in [0.4, 0.5) is 0 Å². The molecule has 0 fully saturated rings. The van der Waals surface area contributed by atoms with E-state index in [-0.39, 0.29) is 12.2 Å². The summed E-state index contributed by atoms with van der Waals surface area (Å²) in [6.45, 7) is 1.98. The van der Waals surface area contributed by atoms with Gasteiger partial charge in [-0.3, -0.25) is 4.79 Å². The molecule has 1 heterocycles. The number of carbonyl (C=O) groups excluding carboxylic acids is 1. The first-order valence-electron chi connectivity index (χ1n) is 4.49. The first-order chi connectivity index (χ1) is 6.20. The van der Waals surface area contributed by atoms with Crippen LogP contribution in [0.15, 0.2) is 0 Å². The highest BCUT2D eigenvalue weighted by Gasteiger charge is 2.26. The second kappa shape index (κ2) is 2.96. The molecule has 1 aliphatic carbocycles. The molecular weight excluding hydrogens is 168 g/mol. The van der Waals surface area contributed by atoms with Crippen LogP contribution in [0.5, 0.6) is 0 Å². The number of ketones is 1. The number of aliphatic hydroxyl groups excluding tert-OH is 1. The number of imidazole rings is 1. The van der Waals surface area contributed by atoms with Crippen LogP contribution in [0.2, 0.25) is 0 Å². The predicted octanol–water partition coefficient (Wildman–Crippen LogP) is 0.462. The van der Waals surface area contributed by atoms with Gasteiger partial charge in [-0.25, -0.2) is 4.98 Å². The Balaban J connectivity index is 2.40. The van der Waals surface area contributed by atoms with Crippen LogP contribution in [0.1, 0.15) is 35.4 Å². The minimum Gasteiger partial charge on any atom is -0.392 e. The number of aromatic nitrogens is 2. The van der Waals surface area contributed by atoms with Crippen LogP contribution in [0.3, 0.4) is 0 Å². The Hall–Kier alpha value is -1.16. The lowest BCUT2D eigenvalue weighted by molar-refractivity contribution is 0.0846. The molecule has 4 heteroatoms. The highest BCUT2D eigenvalue weighted by atomic mass is 16.3. The molecule has 0 aromatic carbocycles. The first-order valence-corrected chi connectivity index (χ1v) is 4.49. The fraction of sp³-hybridized carbons (Fsp3) is 0.556. The Labute approximate surface area is 76.0 Å². The Morgan fingerprint density at radius 2 is 2.38 bits per heavy atom. The quantitative estimate of drug-likeness (QED) is 0.660. The normalized spacial score (nSPS) is 21.7. The molecular formula is C9H12N2O2. The number of aryl methyl sites for hydroxylation is 1. The molecule has 1 unspecified atom stereocenters. The van der Waals surface area contributed by atoms with Crippen LogP contribution < -0.4 is 0 Å². The van der Waals surface area contributed by atoms with E-state index in [1.807, 2.05) is 6.92 Å². The average Bonchev–Trinajstić information content (AvgIpc) is 2.47. The smallest absolute Gasteiger partial charge is 0.185 e. The maximum Gasteiger partial charge on any atom is 0.185 e. The maximum absolute atomic E-state index is 11.4. The van der Waals surface area contributed by atoms with Crippen LogP contribution in [0, 0.1) is 0 Å². The van der Waals surface area contributed by atoms with Crippen molar-refractivity contribution in [3.63, 3.8) is 0 Å². The topological polar surface area (TPSA) is 66.0 Å². The molecule has 0 amide bonds. The number of H-pyrrole nitrogens is 1. The summed E-state index contributed by atoms with van der Waals surface area (Å²) in [6, 6.07) is 0. The number of hydrogen-bond acceptors (Lipinski definition) is 3. The van der Waals surface area contributed by atoms with Gasteiger partial charge in [0.15, 0.2) is 5.78 Å². The Morgan fingerprint density at radius 3 is 3.08 bits per heavy atom. The molecule has 13 heavy (non-hydrogen) atoms. The third-order valence-corrected chi connectivity index (χ3v) is 2.29. The molecule has 2 rings (SSSR count). The molecule has 1 atom stereocenters. The van der Waals surface area contributed by atoms with Crippen molar-refractivity contribution in [1.29, 1.82) is 0 Å². The molecule has 0 saturated heterocycles. The summed E-state index contributed by atoms with van der Waals surface area (Å²) in [6.07, 6.45) is 0.982. The molecule has 0 aliphatic heterocycles. The number of rotatable bonds is 1. The van der Waals surface area contributed by atoms with Gasteiger partial charge in [0.25, 0.3) is 0 Å². The molecule has 0 bridgehead atoms. The van der Waals surface area contributed by atoms with E-state index in [9.17, 15) is 9.90 Å². The number of aliphatic hydroxyl groups is 1. The fourth-order valence-electron chi connectivity index (χ4n) is 1.63. The lowest BCUT2D eigenvalue weighted by Gasteiger charge is -2.14. The van der Waals surface area contributed by atoms with Crippen LogP contribution >= 0.6 is 0 Å². The second-order valence-corrected chi connectivity index (χ2v) is 3.35. The van der Waals surface area contributed by atoms with E-state index in [0.29, 0.717) is 12.1 Å². The molecule has 0 radical (unpaired) electrons. The Kier molecular flexibility index (Phi) is 1.92. The minimum absolute atomic E-state index is 0.0512. The van der Waals surface area contributed by atoms with Gasteiger partial charge in [-0.1, -0.05) is 6.92 Å². The third kappa shape index (κ3) is 1.37. The van der Waals surface area contributed by atoms with E-state index in [4.69, 9.17) is 0 Å². The van der Waals surface area contributed by atoms with Gasteiger partial charge in [0.2, 0.25) is 0 Å². The van der Waals surface area contributed by atoms with Crippen molar-refractivity contribution in [2.45, 2.75) is 32.3 Å². The zero-order valence-corrected chi connectivity index (χ0v) is 7.50. The first kappa shape index (κ1) is 8.44. The van der Waals surface area contributed by atoms with Gasteiger partial charge in [0.05, 0.1) is 6.10 Å². The van der Waals surface area contributed by atoms with Crippen molar-refractivity contribution in [2.75, 3.05) is 0 Å². The molecule has 2 N–H and O–H groups in total. The van der Waals surface area contributed by atoms with E-state index >= 15 is 0 Å². The largest absolute Gasteiger partial charge is 0.392 e. The Bertz CT molecular complexity index is 343. The third-order valence-electron chi connectivity index (χ3n) is 2.29. The SMILES string of the molecule is CCc1nc2c([nH]1)CC(O)CC2=O. The van der Waals surface area contributed by atoms with Gasteiger partial charge in [-0.15, -0.1) is 0 Å². The fourth-order valence-corrected chi connectivity index (χ4v) is 1.63. The molecule has 4 nitrogen and oxygen atoms in total. The summed E-state index contributed by atoms with van der Waals surface area (Å²) in [5.74, 6) is 0.775. The van der Waals surface area contributed by atoms with Crippen molar-refractivity contribution < 1.29 is 9.90 Å². The average molecular weight is 180 g/mol. The number of hydrogen-bond donors (Lipinski definition) is 2. The lowest BCUT2D eigenvalue weighted by Crippen LogP contribution is -2.23. The zero-order chi connectivity index (χ0) is 9.42. The van der Waals surface area contributed by atoms with Crippen molar-refractivity contribution in [1.82, 2.24) is 9.97 Å². The van der Waals surface area contributed by atoms with Crippen LogP contribution in [-0.2, 0) is 12.8 Å². The number of fused-ring (bicyclic) bond motifs is 1. The minimum atomic E-state index is -0.537. The molecule has 0 saturated carbocycles. The van der Waals surface area contributed by atoms with Gasteiger partial charge in [-0.2, -0.15) is 0 Å². The molecule has 1 aliphatic rings. The van der Waals surface area contributed by atoms with E-state index < -0.39 is 6.10 Å². The van der Waals surface area contributed by atoms with E-state index in [0.717, 1.165) is 17.9 Å². The maximum atomic E-state index is 11.4. The number of aromatic amines is 1. The number of Topliss-reactive ketones (excluding diaryl/α,β-unsaturated/α-hetero) is 1. The highest BCUT2D eigenvalue weighted by Crippen LogP contribution is 2.19. The molecule has 1 aromatic heterocycles. The predicted molar refractivity (Wildman–Crippen MR) is 46.6 cm³/mol. The summed E-state index contributed by atoms with van der Waals surface area (Å²) < 4.78 is 0.